The molecule has 3 rings (SSSR count). The van der Waals surface area contributed by atoms with E-state index in [1.165, 1.54) is 0 Å². The van der Waals surface area contributed by atoms with Gasteiger partial charge in [0.1, 0.15) is 23.4 Å². The number of alkyl halides is 3. The first kappa shape index (κ1) is 15.2. The van der Waals surface area contributed by atoms with Crippen molar-refractivity contribution in [2.75, 3.05) is 6.54 Å². The van der Waals surface area contributed by atoms with Crippen LogP contribution in [0.4, 0.5) is 17.6 Å². The molecule has 0 spiro atoms. The van der Waals surface area contributed by atoms with E-state index in [2.05, 4.69) is 10.1 Å². The van der Waals surface area contributed by atoms with E-state index in [9.17, 15) is 17.6 Å². The smallest absolute Gasteiger partial charge is 0.488 e. The molecule has 1 fully saturated rings. The lowest BCUT2D eigenvalue weighted by Gasteiger charge is -2.25. The van der Waals surface area contributed by atoms with Gasteiger partial charge in [0.2, 0.25) is 0 Å². The lowest BCUT2D eigenvalue weighted by atomic mass is 9.96. The molecule has 8 heteroatoms. The van der Waals surface area contributed by atoms with Crippen molar-refractivity contribution in [3.05, 3.63) is 23.5 Å². The summed E-state index contributed by atoms with van der Waals surface area (Å²) in [6.45, 7) is 0.740. The van der Waals surface area contributed by atoms with E-state index in [1.807, 2.05) is 0 Å². The molecule has 1 aromatic rings. The molecule has 0 aliphatic carbocycles. The van der Waals surface area contributed by atoms with Crippen LogP contribution in [0.2, 0.25) is 0 Å². The van der Waals surface area contributed by atoms with E-state index in [0.29, 0.717) is 5.56 Å². The first-order valence-corrected chi connectivity index (χ1v) is 5.93. The van der Waals surface area contributed by atoms with Gasteiger partial charge in [-0.25, -0.2) is 4.39 Å². The number of benzene rings is 1. The van der Waals surface area contributed by atoms with E-state index in [0.717, 1.165) is 31.5 Å². The third-order valence-electron chi connectivity index (χ3n) is 3.29. The van der Waals surface area contributed by atoms with Gasteiger partial charge >= 0.3 is 6.36 Å². The number of fused-ring (bicyclic) bond motifs is 3. The number of piperidine rings is 1. The van der Waals surface area contributed by atoms with Crippen molar-refractivity contribution in [3.8, 4) is 11.5 Å². The highest BCUT2D eigenvalue weighted by Crippen LogP contribution is 2.44. The van der Waals surface area contributed by atoms with Gasteiger partial charge in [-0.05, 0) is 19.4 Å². The lowest BCUT2D eigenvalue weighted by molar-refractivity contribution is -0.274. The second-order valence-corrected chi connectivity index (χ2v) is 4.60. The molecule has 0 saturated carbocycles. The van der Waals surface area contributed by atoms with Crippen LogP contribution in [-0.4, -0.2) is 19.0 Å². The maximum atomic E-state index is 13.9. The fourth-order valence-corrected chi connectivity index (χ4v) is 2.60. The maximum Gasteiger partial charge on any atom is 0.573 e. The molecule has 0 radical (unpaired) electrons. The normalized spacial score (nSPS) is 24.2. The highest BCUT2D eigenvalue weighted by Gasteiger charge is 2.39. The Kier molecular flexibility index (Phi) is 4.02. The molecule has 112 valence electrons. The molecule has 20 heavy (non-hydrogen) atoms. The minimum absolute atomic E-state index is 0. The quantitative estimate of drug-likeness (QED) is 0.807. The van der Waals surface area contributed by atoms with Gasteiger partial charge < -0.3 is 14.8 Å². The summed E-state index contributed by atoms with van der Waals surface area (Å²) in [5.41, 5.74) is 0.291. The molecule has 0 unspecified atom stereocenters. The van der Waals surface area contributed by atoms with Crippen molar-refractivity contribution in [2.24, 2.45) is 0 Å². The molecular formula is C12H12ClF4NO2. The average Bonchev–Trinajstić information content (AvgIpc) is 2.64. The van der Waals surface area contributed by atoms with E-state index >= 15 is 0 Å². The fraction of sp³-hybridized carbons (Fsp3) is 0.500. The van der Waals surface area contributed by atoms with Gasteiger partial charge in [0.05, 0.1) is 11.6 Å². The summed E-state index contributed by atoms with van der Waals surface area (Å²) in [4.78, 5) is 0. The predicted molar refractivity (Wildman–Crippen MR) is 64.7 cm³/mol. The van der Waals surface area contributed by atoms with Crippen LogP contribution in [0.25, 0.3) is 0 Å². The monoisotopic (exact) mass is 313 g/mol. The Morgan fingerprint density at radius 3 is 2.75 bits per heavy atom. The lowest BCUT2D eigenvalue weighted by Crippen LogP contribution is -2.37. The van der Waals surface area contributed by atoms with Crippen LogP contribution in [0, 0.1) is 5.82 Å². The van der Waals surface area contributed by atoms with Gasteiger partial charge in [0.15, 0.2) is 0 Å². The molecule has 0 amide bonds. The third-order valence-corrected chi connectivity index (χ3v) is 3.29. The summed E-state index contributed by atoms with van der Waals surface area (Å²) >= 11 is 0. The Bertz CT molecular complexity index is 509. The highest BCUT2D eigenvalue weighted by molar-refractivity contribution is 5.85. The first-order chi connectivity index (χ1) is 8.94. The highest BCUT2D eigenvalue weighted by atomic mass is 35.5. The van der Waals surface area contributed by atoms with Crippen molar-refractivity contribution in [3.63, 3.8) is 0 Å². The number of halogens is 5. The molecule has 3 nitrogen and oxygen atoms in total. The number of rotatable bonds is 1. The van der Waals surface area contributed by atoms with Gasteiger partial charge in [-0.3, -0.25) is 0 Å². The molecule has 1 N–H and O–H groups in total. The number of hydrogen-bond donors (Lipinski definition) is 1. The van der Waals surface area contributed by atoms with Crippen molar-refractivity contribution in [2.45, 2.75) is 31.3 Å². The summed E-state index contributed by atoms with van der Waals surface area (Å²) < 4.78 is 59.5. The minimum atomic E-state index is -4.84. The van der Waals surface area contributed by atoms with Gasteiger partial charge in [-0.1, -0.05) is 0 Å². The Morgan fingerprint density at radius 1 is 1.30 bits per heavy atom. The predicted octanol–water partition coefficient (Wildman–Crippen LogP) is 3.33. The summed E-state index contributed by atoms with van der Waals surface area (Å²) in [5.74, 6) is -1.20. The Morgan fingerprint density at radius 2 is 2.05 bits per heavy atom. The first-order valence-electron chi connectivity index (χ1n) is 5.93. The topological polar surface area (TPSA) is 30.5 Å². The molecular weight excluding hydrogens is 302 g/mol. The van der Waals surface area contributed by atoms with E-state index in [-0.39, 0.29) is 30.3 Å². The van der Waals surface area contributed by atoms with Gasteiger partial charge in [0.25, 0.3) is 0 Å². The van der Waals surface area contributed by atoms with Crippen LogP contribution in [0.3, 0.4) is 0 Å². The van der Waals surface area contributed by atoms with Gasteiger partial charge in [0, 0.05) is 12.1 Å². The van der Waals surface area contributed by atoms with Crippen molar-refractivity contribution in [1.29, 1.82) is 0 Å². The maximum absolute atomic E-state index is 13.9. The van der Waals surface area contributed by atoms with Crippen molar-refractivity contribution >= 4 is 12.4 Å². The molecule has 2 aliphatic rings. The third kappa shape index (κ3) is 2.78. The summed E-state index contributed by atoms with van der Waals surface area (Å²) in [7, 11) is 0. The number of ether oxygens (including phenoxy) is 2. The fourth-order valence-electron chi connectivity index (χ4n) is 2.60. The van der Waals surface area contributed by atoms with Crippen molar-refractivity contribution < 1.29 is 27.0 Å². The van der Waals surface area contributed by atoms with Gasteiger partial charge in [-0.2, -0.15) is 0 Å². The zero-order valence-corrected chi connectivity index (χ0v) is 11.0. The summed E-state index contributed by atoms with van der Waals surface area (Å²) in [5, 5.41) is 3.12. The molecule has 1 saturated heterocycles. The largest absolute Gasteiger partial charge is 0.573 e. The van der Waals surface area contributed by atoms with Gasteiger partial charge in [-0.15, -0.1) is 25.6 Å². The van der Waals surface area contributed by atoms with E-state index in [1.54, 1.807) is 0 Å². The van der Waals surface area contributed by atoms with Crippen LogP contribution in [0.15, 0.2) is 12.1 Å². The van der Waals surface area contributed by atoms with E-state index in [4.69, 9.17) is 4.74 Å². The molecule has 1 aromatic carbocycles. The zero-order chi connectivity index (χ0) is 13.6. The molecule has 2 atom stereocenters. The van der Waals surface area contributed by atoms with Crippen molar-refractivity contribution in [1.82, 2.24) is 5.32 Å². The molecule has 2 heterocycles. The Hall–Kier alpha value is -1.21. The summed E-state index contributed by atoms with van der Waals surface area (Å²) in [6.07, 6.45) is -3.42. The Balaban J connectivity index is 0.00000147. The second kappa shape index (κ2) is 5.29. The average molecular weight is 314 g/mol. The molecule has 2 aliphatic heterocycles. The SMILES string of the molecule is Cl.Fc1cc(OC(F)(F)F)cc2c1[C@@H]1NCCC[C@@H]1O2. The van der Waals surface area contributed by atoms with E-state index < -0.39 is 17.9 Å². The van der Waals surface area contributed by atoms with Crippen LogP contribution < -0.4 is 14.8 Å². The number of hydrogen-bond acceptors (Lipinski definition) is 3. The second-order valence-electron chi connectivity index (χ2n) is 4.60. The van der Waals surface area contributed by atoms with Crippen LogP contribution in [0.5, 0.6) is 11.5 Å². The zero-order valence-electron chi connectivity index (χ0n) is 10.2. The van der Waals surface area contributed by atoms with Crippen LogP contribution >= 0.6 is 12.4 Å². The molecule has 0 aromatic heterocycles. The Labute approximate surface area is 118 Å². The summed E-state index contributed by atoms with van der Waals surface area (Å²) in [6, 6.07) is 1.55. The molecule has 0 bridgehead atoms. The van der Waals surface area contributed by atoms with Crippen LogP contribution in [0.1, 0.15) is 24.4 Å². The standard InChI is InChI=1S/C12H11F4NO2.ClH/c13-7-4-6(19-12(14,15)16)5-9-10(7)11-8(18-9)2-1-3-17-11;/h4-5,8,11,17H,1-3H2;1H/t8-,11+;/m0./s1. The number of nitrogens with one attached hydrogen (secondary N) is 1. The minimum Gasteiger partial charge on any atom is -0.488 e. The van der Waals surface area contributed by atoms with Crippen LogP contribution in [-0.2, 0) is 0 Å².